The summed E-state index contributed by atoms with van der Waals surface area (Å²) in [4.78, 5) is 32.3. The maximum absolute atomic E-state index is 13.0. The summed E-state index contributed by atoms with van der Waals surface area (Å²) < 4.78 is 18.5. The van der Waals surface area contributed by atoms with Gasteiger partial charge in [0, 0.05) is 38.4 Å². The average molecular weight is 398 g/mol. The van der Waals surface area contributed by atoms with E-state index < -0.39 is 0 Å². The summed E-state index contributed by atoms with van der Waals surface area (Å²) in [5, 5.41) is 4.03. The second kappa shape index (κ2) is 8.14. The molecule has 2 aromatic rings. The minimum absolute atomic E-state index is 0.0569. The van der Waals surface area contributed by atoms with Crippen molar-refractivity contribution < 1.29 is 18.5 Å². The van der Waals surface area contributed by atoms with E-state index in [1.54, 1.807) is 17.0 Å². The number of likely N-dealkylation sites (tertiary alicyclic amines) is 2. The van der Waals surface area contributed by atoms with Gasteiger partial charge in [-0.1, -0.05) is 23.9 Å². The highest BCUT2D eigenvalue weighted by molar-refractivity contribution is 5.88. The van der Waals surface area contributed by atoms with Gasteiger partial charge in [-0.3, -0.25) is 9.59 Å². The molecule has 1 atom stereocenters. The number of amides is 2. The Morgan fingerprint density at radius 1 is 1.28 bits per heavy atom. The normalized spacial score (nSPS) is 19.3. The van der Waals surface area contributed by atoms with Gasteiger partial charge in [-0.25, -0.2) is 4.39 Å². The van der Waals surface area contributed by atoms with Crippen LogP contribution >= 0.6 is 0 Å². The van der Waals surface area contributed by atoms with Crippen molar-refractivity contribution in [2.24, 2.45) is 5.92 Å². The second-order valence-corrected chi connectivity index (χ2v) is 7.61. The van der Waals surface area contributed by atoms with Crippen molar-refractivity contribution in [2.45, 2.75) is 31.7 Å². The van der Waals surface area contributed by atoms with Crippen LogP contribution in [0.1, 0.15) is 42.6 Å². The summed E-state index contributed by atoms with van der Waals surface area (Å²) >= 11 is 0. The first-order chi connectivity index (χ1) is 14.0. The minimum Gasteiger partial charge on any atom is -0.338 e. The highest BCUT2D eigenvalue weighted by Gasteiger charge is 2.37. The third-order valence-electron chi connectivity index (χ3n) is 5.52. The van der Waals surface area contributed by atoms with Crippen LogP contribution in [-0.2, 0) is 16.0 Å². The molecule has 0 spiro atoms. The Bertz CT molecular complexity index is 905. The predicted octanol–water partition coefficient (Wildman–Crippen LogP) is 2.50. The van der Waals surface area contributed by atoms with Crippen molar-refractivity contribution in [3.63, 3.8) is 0 Å². The molecule has 4 rings (SSSR count). The summed E-state index contributed by atoms with van der Waals surface area (Å²) in [6, 6.07) is 5.98. The standard InChI is InChI=1S/C21H23FN4O3/c1-2-19(27)25-12-15(13-25)11-20(28)26-9-3-4-17(26)21-23-18(24-29-21)10-14-5-7-16(22)8-6-14/h2,5-8,15,17H,1,3-4,9-13H2. The Hall–Kier alpha value is -3.03. The molecule has 2 aliphatic heterocycles. The third kappa shape index (κ3) is 4.21. The molecule has 0 radical (unpaired) electrons. The maximum Gasteiger partial charge on any atom is 0.249 e. The third-order valence-corrected chi connectivity index (χ3v) is 5.52. The molecular weight excluding hydrogens is 375 g/mol. The van der Waals surface area contributed by atoms with E-state index in [0.29, 0.717) is 44.2 Å². The average Bonchev–Trinajstić information content (AvgIpc) is 3.34. The van der Waals surface area contributed by atoms with Crippen LogP contribution in [0.15, 0.2) is 41.4 Å². The molecule has 0 N–H and O–H groups in total. The van der Waals surface area contributed by atoms with Gasteiger partial charge >= 0.3 is 0 Å². The highest BCUT2D eigenvalue weighted by atomic mass is 19.1. The van der Waals surface area contributed by atoms with Gasteiger partial charge in [-0.2, -0.15) is 4.98 Å². The number of hydrogen-bond donors (Lipinski definition) is 0. The topological polar surface area (TPSA) is 79.5 Å². The Morgan fingerprint density at radius 2 is 2.03 bits per heavy atom. The summed E-state index contributed by atoms with van der Waals surface area (Å²) in [5.74, 6) is 0.831. The van der Waals surface area contributed by atoms with Crippen molar-refractivity contribution in [3.05, 3.63) is 60.0 Å². The van der Waals surface area contributed by atoms with Gasteiger partial charge in [0.25, 0.3) is 0 Å². The molecule has 152 valence electrons. The maximum atomic E-state index is 13.0. The van der Waals surface area contributed by atoms with Crippen LogP contribution in [0.2, 0.25) is 0 Å². The molecule has 8 heteroatoms. The molecule has 2 saturated heterocycles. The van der Waals surface area contributed by atoms with Gasteiger partial charge in [0.1, 0.15) is 11.9 Å². The fourth-order valence-electron chi connectivity index (χ4n) is 3.95. The van der Waals surface area contributed by atoms with E-state index in [4.69, 9.17) is 4.52 Å². The number of aromatic nitrogens is 2. The van der Waals surface area contributed by atoms with Crippen molar-refractivity contribution >= 4 is 11.8 Å². The monoisotopic (exact) mass is 398 g/mol. The van der Waals surface area contributed by atoms with E-state index in [-0.39, 0.29) is 29.6 Å². The fourth-order valence-corrected chi connectivity index (χ4v) is 3.95. The van der Waals surface area contributed by atoms with E-state index >= 15 is 0 Å². The second-order valence-electron chi connectivity index (χ2n) is 7.61. The molecule has 29 heavy (non-hydrogen) atoms. The number of halogens is 1. The number of rotatable bonds is 6. The summed E-state index contributed by atoms with van der Waals surface area (Å²) in [5.41, 5.74) is 0.890. The van der Waals surface area contributed by atoms with Crippen molar-refractivity contribution in [1.82, 2.24) is 19.9 Å². The van der Waals surface area contributed by atoms with E-state index in [1.165, 1.54) is 18.2 Å². The highest BCUT2D eigenvalue weighted by Crippen LogP contribution is 2.33. The molecule has 1 aromatic carbocycles. The first-order valence-electron chi connectivity index (χ1n) is 9.81. The summed E-state index contributed by atoms with van der Waals surface area (Å²) in [6.45, 7) is 5.34. The molecule has 0 bridgehead atoms. The first kappa shape index (κ1) is 19.3. The van der Waals surface area contributed by atoms with Crippen LogP contribution in [0.5, 0.6) is 0 Å². The molecule has 1 aromatic heterocycles. The van der Waals surface area contributed by atoms with E-state index in [9.17, 15) is 14.0 Å². The molecule has 3 heterocycles. The predicted molar refractivity (Wildman–Crippen MR) is 102 cm³/mol. The number of benzene rings is 1. The molecular formula is C21H23FN4O3. The van der Waals surface area contributed by atoms with Crippen LogP contribution in [0.25, 0.3) is 0 Å². The smallest absolute Gasteiger partial charge is 0.249 e. The number of nitrogens with zero attached hydrogens (tertiary/aromatic N) is 4. The zero-order valence-electron chi connectivity index (χ0n) is 16.1. The van der Waals surface area contributed by atoms with Gasteiger partial charge in [0.2, 0.25) is 17.7 Å². The van der Waals surface area contributed by atoms with E-state index in [0.717, 1.165) is 18.4 Å². The van der Waals surface area contributed by atoms with Crippen LogP contribution in [0.3, 0.4) is 0 Å². The fraction of sp³-hybridized carbons (Fsp3) is 0.429. The van der Waals surface area contributed by atoms with Gasteiger partial charge in [0.15, 0.2) is 5.82 Å². The zero-order valence-corrected chi connectivity index (χ0v) is 16.1. The molecule has 2 aliphatic rings. The van der Waals surface area contributed by atoms with Gasteiger partial charge < -0.3 is 14.3 Å². The molecule has 2 fully saturated rings. The zero-order chi connectivity index (χ0) is 20.4. The van der Waals surface area contributed by atoms with Crippen LogP contribution in [0, 0.1) is 11.7 Å². The molecule has 7 nitrogen and oxygen atoms in total. The van der Waals surface area contributed by atoms with Crippen molar-refractivity contribution in [3.8, 4) is 0 Å². The van der Waals surface area contributed by atoms with E-state index in [2.05, 4.69) is 16.7 Å². The van der Waals surface area contributed by atoms with Gasteiger partial charge in [0.05, 0.1) is 0 Å². The van der Waals surface area contributed by atoms with Crippen LogP contribution in [0.4, 0.5) is 4.39 Å². The van der Waals surface area contributed by atoms with Crippen molar-refractivity contribution in [2.75, 3.05) is 19.6 Å². The van der Waals surface area contributed by atoms with Gasteiger partial charge in [-0.15, -0.1) is 0 Å². The lowest BCUT2D eigenvalue weighted by atomic mass is 9.95. The minimum atomic E-state index is -0.286. The Morgan fingerprint density at radius 3 is 2.76 bits per heavy atom. The molecule has 0 saturated carbocycles. The Kier molecular flexibility index (Phi) is 5.42. The molecule has 2 amide bonds. The quantitative estimate of drug-likeness (QED) is 0.699. The Labute approximate surface area is 168 Å². The lowest BCUT2D eigenvalue weighted by Gasteiger charge is -2.39. The van der Waals surface area contributed by atoms with Crippen molar-refractivity contribution in [1.29, 1.82) is 0 Å². The first-order valence-corrected chi connectivity index (χ1v) is 9.81. The summed E-state index contributed by atoms with van der Waals surface area (Å²) in [6.07, 6.45) is 3.83. The van der Waals surface area contributed by atoms with Gasteiger partial charge in [-0.05, 0) is 36.6 Å². The van der Waals surface area contributed by atoms with E-state index in [1.807, 2.05) is 4.90 Å². The largest absolute Gasteiger partial charge is 0.338 e. The molecule has 1 unspecified atom stereocenters. The lowest BCUT2D eigenvalue weighted by molar-refractivity contribution is -0.139. The lowest BCUT2D eigenvalue weighted by Crippen LogP contribution is -2.51. The number of carbonyl (C=O) groups excluding carboxylic acids is 2. The Balaban J connectivity index is 1.35. The molecule has 0 aliphatic carbocycles. The summed E-state index contributed by atoms with van der Waals surface area (Å²) in [7, 11) is 0. The van der Waals surface area contributed by atoms with Crippen LogP contribution < -0.4 is 0 Å². The van der Waals surface area contributed by atoms with Crippen LogP contribution in [-0.4, -0.2) is 51.4 Å². The number of carbonyl (C=O) groups is 2. The SMILES string of the molecule is C=CC(=O)N1CC(CC(=O)N2CCCC2c2nc(Cc3ccc(F)cc3)no2)C1. The number of hydrogen-bond acceptors (Lipinski definition) is 5.